The molecule has 0 aromatic heterocycles. The Kier molecular flexibility index (Phi) is 7.84. The van der Waals surface area contributed by atoms with Crippen LogP contribution in [0.3, 0.4) is 0 Å². The molecule has 2 aromatic carbocycles. The lowest BCUT2D eigenvalue weighted by Gasteiger charge is -2.40. The number of fused-ring (bicyclic) bond motifs is 1. The number of hydrogen-bond donors (Lipinski definition) is 0. The fraction of sp³-hybridized carbons (Fsp3) is 0.400. The Morgan fingerprint density at radius 3 is 2.26 bits per heavy atom. The van der Waals surface area contributed by atoms with Crippen LogP contribution in [0.4, 0.5) is 5.69 Å². The second kappa shape index (κ2) is 11.2. The van der Waals surface area contributed by atoms with Crippen LogP contribution in [0.2, 0.25) is 0 Å². The highest BCUT2D eigenvalue weighted by Gasteiger charge is 2.68. The van der Waals surface area contributed by atoms with Gasteiger partial charge in [0.1, 0.15) is 11.9 Å². The largest absolute Gasteiger partial charge is 0.467 e. The number of ether oxygens (including phenoxy) is 3. The quantitative estimate of drug-likeness (QED) is 0.317. The molecular formula is C30H33N3O8S. The monoisotopic (exact) mass is 595 g/mol. The number of rotatable bonds is 9. The highest BCUT2D eigenvalue weighted by atomic mass is 32.2. The van der Waals surface area contributed by atoms with Crippen LogP contribution < -0.4 is 4.90 Å². The smallest absolute Gasteiger partial charge is 0.357 e. The fourth-order valence-corrected chi connectivity index (χ4v) is 8.25. The van der Waals surface area contributed by atoms with E-state index >= 15 is 0 Å². The molecule has 0 aliphatic carbocycles. The Morgan fingerprint density at radius 1 is 0.952 bits per heavy atom. The van der Waals surface area contributed by atoms with Crippen LogP contribution in [0, 0.1) is 0 Å². The van der Waals surface area contributed by atoms with E-state index in [-0.39, 0.29) is 29.3 Å². The van der Waals surface area contributed by atoms with Gasteiger partial charge in [0.2, 0.25) is 10.0 Å². The van der Waals surface area contributed by atoms with Gasteiger partial charge in [-0.25, -0.2) is 32.1 Å². The van der Waals surface area contributed by atoms with Crippen LogP contribution in [-0.2, 0) is 50.6 Å². The summed E-state index contributed by atoms with van der Waals surface area (Å²) in [7, 11) is -0.578. The summed E-state index contributed by atoms with van der Waals surface area (Å²) < 4.78 is 44.3. The number of aliphatic imine (C=N–C) groups is 1. The van der Waals surface area contributed by atoms with Crippen LogP contribution >= 0.6 is 0 Å². The van der Waals surface area contributed by atoms with E-state index in [1.54, 1.807) is 0 Å². The van der Waals surface area contributed by atoms with Crippen LogP contribution in [-0.4, -0.2) is 75.6 Å². The zero-order valence-corrected chi connectivity index (χ0v) is 24.7. The molecule has 11 nitrogen and oxygen atoms in total. The summed E-state index contributed by atoms with van der Waals surface area (Å²) in [6.45, 7) is 2.17. The summed E-state index contributed by atoms with van der Waals surface area (Å²) in [6.07, 6.45) is 0.885. The zero-order valence-electron chi connectivity index (χ0n) is 23.9. The Balaban J connectivity index is 1.86. The summed E-state index contributed by atoms with van der Waals surface area (Å²) >= 11 is 0. The van der Waals surface area contributed by atoms with Gasteiger partial charge in [0.05, 0.1) is 44.1 Å². The second-order valence-electron chi connectivity index (χ2n) is 10.4. The Morgan fingerprint density at radius 2 is 1.62 bits per heavy atom. The van der Waals surface area contributed by atoms with Crippen LogP contribution in [0.25, 0.3) is 0 Å². The number of benzene rings is 2. The number of sulfonamides is 1. The van der Waals surface area contributed by atoms with E-state index in [4.69, 9.17) is 14.2 Å². The molecule has 5 rings (SSSR count). The lowest BCUT2D eigenvalue weighted by molar-refractivity contribution is -0.144. The molecule has 2 aromatic rings. The minimum atomic E-state index is -4.13. The maximum Gasteiger partial charge on any atom is 0.357 e. The third-order valence-electron chi connectivity index (χ3n) is 8.13. The van der Waals surface area contributed by atoms with Crippen molar-refractivity contribution < 1.29 is 37.0 Å². The lowest BCUT2D eigenvalue weighted by Crippen LogP contribution is -2.55. The minimum absolute atomic E-state index is 0.0185. The Hall–Kier alpha value is -4.19. The van der Waals surface area contributed by atoms with Gasteiger partial charge in [-0.05, 0) is 30.0 Å². The number of carbonyl (C=O) groups is 3. The van der Waals surface area contributed by atoms with Gasteiger partial charge in [0, 0.05) is 12.2 Å². The average molecular weight is 596 g/mol. The van der Waals surface area contributed by atoms with Gasteiger partial charge in [-0.15, -0.1) is 0 Å². The number of amidine groups is 1. The predicted octanol–water partition coefficient (Wildman–Crippen LogP) is 2.70. The average Bonchev–Trinajstić information content (AvgIpc) is 3.51. The fourth-order valence-electron chi connectivity index (χ4n) is 6.38. The maximum atomic E-state index is 14.0. The van der Waals surface area contributed by atoms with Gasteiger partial charge in [-0.3, -0.25) is 0 Å². The number of unbranched alkanes of at least 4 members (excludes halogenated alkanes) is 1. The molecule has 0 radical (unpaired) electrons. The number of carbonyl (C=O) groups excluding carboxylic acids is 3. The van der Waals surface area contributed by atoms with Crippen molar-refractivity contribution >= 4 is 39.5 Å². The summed E-state index contributed by atoms with van der Waals surface area (Å²) in [5.74, 6) is -2.77. The van der Waals surface area contributed by atoms with Gasteiger partial charge in [0.25, 0.3) is 0 Å². The molecule has 0 unspecified atom stereocenters. The van der Waals surface area contributed by atoms with E-state index in [0.717, 1.165) is 17.0 Å². The Bertz CT molecular complexity index is 1590. The van der Waals surface area contributed by atoms with Gasteiger partial charge in [-0.1, -0.05) is 61.9 Å². The second-order valence-corrected chi connectivity index (χ2v) is 12.4. The molecule has 12 heteroatoms. The third-order valence-corrected chi connectivity index (χ3v) is 9.96. The first-order valence-electron chi connectivity index (χ1n) is 13.7. The van der Waals surface area contributed by atoms with Crippen LogP contribution in [0.1, 0.15) is 37.3 Å². The van der Waals surface area contributed by atoms with Gasteiger partial charge in [0.15, 0.2) is 5.70 Å². The van der Waals surface area contributed by atoms with Crippen molar-refractivity contribution in [3.63, 3.8) is 0 Å². The van der Waals surface area contributed by atoms with Crippen LogP contribution in [0.5, 0.6) is 0 Å². The molecule has 42 heavy (non-hydrogen) atoms. The van der Waals surface area contributed by atoms with Crippen molar-refractivity contribution in [2.24, 2.45) is 4.99 Å². The molecule has 0 saturated carbocycles. The first kappa shape index (κ1) is 29.3. The van der Waals surface area contributed by atoms with E-state index in [0.29, 0.717) is 30.6 Å². The molecule has 3 aliphatic rings. The van der Waals surface area contributed by atoms with Crippen molar-refractivity contribution in [2.75, 3.05) is 32.0 Å². The lowest BCUT2D eigenvalue weighted by atomic mass is 9.69. The highest BCUT2D eigenvalue weighted by Crippen LogP contribution is 2.58. The summed E-state index contributed by atoms with van der Waals surface area (Å²) in [4.78, 5) is 46.6. The third kappa shape index (κ3) is 4.44. The first-order valence-corrected chi connectivity index (χ1v) is 15.3. The van der Waals surface area contributed by atoms with Crippen molar-refractivity contribution in [3.05, 3.63) is 77.0 Å². The highest BCUT2D eigenvalue weighted by molar-refractivity contribution is 7.89. The van der Waals surface area contributed by atoms with E-state index in [1.165, 1.54) is 14.2 Å². The topological polar surface area (TPSA) is 132 Å². The van der Waals surface area contributed by atoms with Gasteiger partial charge in [-0.2, -0.15) is 0 Å². The standard InChI is InChI=1S/C30H33N3O8S/c1-5-6-16-42(37,38)33-22(26(34)39-2)17-30-20-14-10-11-15-21(20)32(18-19-12-8-7-9-13-19)25(30)23(27(35)40-3)24(28(36)41-4)31-29(30)33/h7-15,22,25H,5-6,16-18H2,1-4H3/t22-,25-,30-/m0/s1. The minimum Gasteiger partial charge on any atom is -0.467 e. The molecule has 222 valence electrons. The first-order chi connectivity index (χ1) is 20.2. The van der Waals surface area contributed by atoms with Gasteiger partial charge < -0.3 is 19.1 Å². The summed E-state index contributed by atoms with van der Waals surface area (Å²) in [5, 5.41) is 0. The molecule has 3 aliphatic heterocycles. The van der Waals surface area contributed by atoms with Gasteiger partial charge >= 0.3 is 17.9 Å². The number of methoxy groups -OCH3 is 3. The number of anilines is 1. The van der Waals surface area contributed by atoms with Crippen molar-refractivity contribution in [2.45, 2.75) is 50.2 Å². The molecular weight excluding hydrogens is 562 g/mol. The molecule has 1 spiro atoms. The zero-order chi connectivity index (χ0) is 30.2. The molecule has 3 atom stereocenters. The maximum absolute atomic E-state index is 14.0. The van der Waals surface area contributed by atoms with E-state index in [9.17, 15) is 22.8 Å². The van der Waals surface area contributed by atoms with Crippen LogP contribution in [0.15, 0.2) is 70.9 Å². The molecule has 0 N–H and O–H groups in total. The number of esters is 3. The summed E-state index contributed by atoms with van der Waals surface area (Å²) in [5.41, 5.74) is 0.542. The SMILES string of the molecule is CCCCS(=O)(=O)N1C2=NC(C(=O)OC)=C(C(=O)OC)[C@@H]3N(Cc4ccccc4)c4ccccc4[C@]23C[C@H]1C(=O)OC. The molecule has 0 amide bonds. The molecule has 1 fully saturated rings. The Labute approximate surface area is 244 Å². The number of para-hydroxylation sites is 1. The predicted molar refractivity (Wildman–Crippen MR) is 154 cm³/mol. The summed E-state index contributed by atoms with van der Waals surface area (Å²) in [6, 6.07) is 14.7. The molecule has 3 heterocycles. The van der Waals surface area contributed by atoms with E-state index in [2.05, 4.69) is 4.99 Å². The van der Waals surface area contributed by atoms with Crippen molar-refractivity contribution in [1.29, 1.82) is 0 Å². The molecule has 0 bridgehead atoms. The van der Waals surface area contributed by atoms with Crippen molar-refractivity contribution in [1.82, 2.24) is 4.31 Å². The molecule has 1 saturated heterocycles. The number of nitrogens with zero attached hydrogens (tertiary/aromatic N) is 3. The van der Waals surface area contributed by atoms with E-state index < -0.39 is 45.4 Å². The van der Waals surface area contributed by atoms with Crippen molar-refractivity contribution in [3.8, 4) is 0 Å². The van der Waals surface area contributed by atoms with E-state index in [1.807, 2.05) is 66.4 Å². The normalized spacial score (nSPS) is 22.6. The number of hydrogen-bond acceptors (Lipinski definition) is 10.